The van der Waals surface area contributed by atoms with Gasteiger partial charge in [-0.2, -0.15) is 0 Å². The Labute approximate surface area is 129 Å². The molecule has 1 aromatic rings. The van der Waals surface area contributed by atoms with Gasteiger partial charge < -0.3 is 5.32 Å². The van der Waals surface area contributed by atoms with E-state index in [0.717, 1.165) is 36.1 Å². The van der Waals surface area contributed by atoms with Crippen molar-refractivity contribution in [1.29, 1.82) is 0 Å². The standard InChI is InChI=1S/C20H29N/c1-4-9-21-20(16-6-5-12(2)13(3)10-16)19-17-14-7-8-15(11-14)18(17)19/h5-6,10,14-15,17-21H,4,7-9,11H2,1-3H3. The van der Waals surface area contributed by atoms with E-state index in [-0.39, 0.29) is 0 Å². The lowest BCUT2D eigenvalue weighted by atomic mass is 9.91. The molecule has 3 aliphatic carbocycles. The second-order valence-electron chi connectivity index (χ2n) is 7.84. The van der Waals surface area contributed by atoms with Gasteiger partial charge in [-0.25, -0.2) is 0 Å². The molecule has 0 aliphatic heterocycles. The summed E-state index contributed by atoms with van der Waals surface area (Å²) in [5.74, 6) is 5.19. The Balaban J connectivity index is 1.59. The van der Waals surface area contributed by atoms with Crippen LogP contribution < -0.4 is 5.32 Å². The van der Waals surface area contributed by atoms with E-state index >= 15 is 0 Å². The molecule has 3 fully saturated rings. The van der Waals surface area contributed by atoms with Crippen molar-refractivity contribution in [1.82, 2.24) is 5.32 Å². The summed E-state index contributed by atoms with van der Waals surface area (Å²) >= 11 is 0. The molecule has 0 radical (unpaired) electrons. The van der Waals surface area contributed by atoms with Crippen molar-refractivity contribution >= 4 is 0 Å². The van der Waals surface area contributed by atoms with Gasteiger partial charge in [-0.1, -0.05) is 25.1 Å². The third-order valence-corrected chi connectivity index (χ3v) is 6.68. The van der Waals surface area contributed by atoms with Crippen LogP contribution in [0.2, 0.25) is 0 Å². The maximum Gasteiger partial charge on any atom is 0.0354 e. The zero-order valence-electron chi connectivity index (χ0n) is 13.7. The smallest absolute Gasteiger partial charge is 0.0354 e. The molecule has 1 heteroatoms. The van der Waals surface area contributed by atoms with Gasteiger partial charge in [0.1, 0.15) is 0 Å². The molecule has 3 aliphatic rings. The molecule has 21 heavy (non-hydrogen) atoms. The summed E-state index contributed by atoms with van der Waals surface area (Å²) in [4.78, 5) is 0. The van der Waals surface area contributed by atoms with E-state index < -0.39 is 0 Å². The van der Waals surface area contributed by atoms with Gasteiger partial charge in [0.05, 0.1) is 0 Å². The van der Waals surface area contributed by atoms with Crippen LogP contribution in [0.1, 0.15) is 55.3 Å². The highest BCUT2D eigenvalue weighted by Gasteiger charge is 2.66. The topological polar surface area (TPSA) is 12.0 Å². The Morgan fingerprint density at radius 1 is 1.10 bits per heavy atom. The predicted molar refractivity (Wildman–Crippen MR) is 88.3 cm³/mol. The normalized spacial score (nSPS) is 37.6. The average Bonchev–Trinajstić information content (AvgIpc) is 2.90. The van der Waals surface area contributed by atoms with Crippen LogP contribution in [0.4, 0.5) is 0 Å². The number of rotatable bonds is 5. The third kappa shape index (κ3) is 2.16. The highest BCUT2D eigenvalue weighted by molar-refractivity contribution is 5.34. The molecule has 0 spiro atoms. The molecule has 1 N–H and O–H groups in total. The lowest BCUT2D eigenvalue weighted by Gasteiger charge is -2.23. The molecule has 0 amide bonds. The summed E-state index contributed by atoms with van der Waals surface area (Å²) in [5, 5.41) is 3.89. The van der Waals surface area contributed by atoms with Crippen molar-refractivity contribution in [3.8, 4) is 0 Å². The van der Waals surface area contributed by atoms with Crippen LogP contribution in [0.3, 0.4) is 0 Å². The lowest BCUT2D eigenvalue weighted by molar-refractivity contribution is 0.370. The second-order valence-corrected chi connectivity index (χ2v) is 7.84. The number of aryl methyl sites for hydroxylation is 2. The Morgan fingerprint density at radius 3 is 2.43 bits per heavy atom. The highest BCUT2D eigenvalue weighted by Crippen LogP contribution is 2.72. The summed E-state index contributed by atoms with van der Waals surface area (Å²) in [5.41, 5.74) is 4.42. The van der Waals surface area contributed by atoms with Crippen LogP contribution in [-0.2, 0) is 0 Å². The first-order valence-corrected chi connectivity index (χ1v) is 9.01. The highest BCUT2D eigenvalue weighted by atomic mass is 15.0. The minimum absolute atomic E-state index is 0.614. The van der Waals surface area contributed by atoms with Crippen LogP contribution in [0.15, 0.2) is 18.2 Å². The summed E-state index contributed by atoms with van der Waals surface area (Å²) in [6.45, 7) is 7.91. The Morgan fingerprint density at radius 2 is 1.81 bits per heavy atom. The fourth-order valence-corrected chi connectivity index (χ4v) is 5.57. The number of fused-ring (bicyclic) bond motifs is 5. The minimum Gasteiger partial charge on any atom is -0.310 e. The molecule has 1 aromatic carbocycles. The molecule has 3 saturated carbocycles. The molecular formula is C20H29N. The first-order valence-electron chi connectivity index (χ1n) is 9.01. The molecular weight excluding hydrogens is 254 g/mol. The van der Waals surface area contributed by atoms with Crippen molar-refractivity contribution in [3.63, 3.8) is 0 Å². The van der Waals surface area contributed by atoms with Crippen molar-refractivity contribution in [2.75, 3.05) is 6.54 Å². The number of hydrogen-bond acceptors (Lipinski definition) is 1. The lowest BCUT2D eigenvalue weighted by Crippen LogP contribution is -2.26. The summed E-state index contributed by atoms with van der Waals surface area (Å²) in [6.07, 6.45) is 5.83. The van der Waals surface area contributed by atoms with Gasteiger partial charge in [-0.05, 0) is 92.4 Å². The molecule has 4 rings (SSSR count). The van der Waals surface area contributed by atoms with E-state index in [9.17, 15) is 0 Å². The molecule has 0 saturated heterocycles. The Bertz CT molecular complexity index is 519. The zero-order valence-corrected chi connectivity index (χ0v) is 13.7. The van der Waals surface area contributed by atoms with E-state index in [2.05, 4.69) is 44.3 Å². The van der Waals surface area contributed by atoms with Crippen molar-refractivity contribution in [3.05, 3.63) is 34.9 Å². The fourth-order valence-electron chi connectivity index (χ4n) is 5.57. The van der Waals surface area contributed by atoms with Crippen molar-refractivity contribution < 1.29 is 0 Å². The second kappa shape index (κ2) is 5.12. The van der Waals surface area contributed by atoms with Crippen molar-refractivity contribution in [2.24, 2.45) is 29.6 Å². The van der Waals surface area contributed by atoms with Gasteiger partial charge in [0.15, 0.2) is 0 Å². The van der Waals surface area contributed by atoms with Gasteiger partial charge in [-0.15, -0.1) is 0 Å². The SMILES string of the molecule is CCCNC(c1ccc(C)c(C)c1)C1C2C3CCC(C3)C21. The van der Waals surface area contributed by atoms with Crippen LogP contribution in [0.25, 0.3) is 0 Å². The van der Waals surface area contributed by atoms with E-state index in [1.165, 1.54) is 30.4 Å². The summed E-state index contributed by atoms with van der Waals surface area (Å²) < 4.78 is 0. The Hall–Kier alpha value is -0.820. The molecule has 5 unspecified atom stereocenters. The van der Waals surface area contributed by atoms with Crippen LogP contribution in [0.5, 0.6) is 0 Å². The fraction of sp³-hybridized carbons (Fsp3) is 0.700. The molecule has 5 atom stereocenters. The van der Waals surface area contributed by atoms with Gasteiger partial charge in [0.2, 0.25) is 0 Å². The molecule has 1 nitrogen and oxygen atoms in total. The largest absolute Gasteiger partial charge is 0.310 e. The quantitative estimate of drug-likeness (QED) is 0.830. The molecule has 0 aromatic heterocycles. The zero-order chi connectivity index (χ0) is 14.6. The van der Waals surface area contributed by atoms with Crippen molar-refractivity contribution in [2.45, 2.75) is 52.5 Å². The van der Waals surface area contributed by atoms with E-state index in [1.807, 2.05) is 0 Å². The van der Waals surface area contributed by atoms with Crippen LogP contribution >= 0.6 is 0 Å². The number of nitrogens with one attached hydrogen (secondary N) is 1. The summed E-state index contributed by atoms with van der Waals surface area (Å²) in [6, 6.07) is 7.75. The third-order valence-electron chi connectivity index (χ3n) is 6.68. The minimum atomic E-state index is 0.614. The number of benzene rings is 1. The van der Waals surface area contributed by atoms with E-state index in [1.54, 1.807) is 12.0 Å². The molecule has 0 heterocycles. The first kappa shape index (κ1) is 13.8. The predicted octanol–water partition coefficient (Wildman–Crippen LogP) is 4.64. The average molecular weight is 283 g/mol. The Kier molecular flexibility index (Phi) is 3.37. The monoisotopic (exact) mass is 283 g/mol. The van der Waals surface area contributed by atoms with Gasteiger partial charge >= 0.3 is 0 Å². The van der Waals surface area contributed by atoms with E-state index in [4.69, 9.17) is 0 Å². The van der Waals surface area contributed by atoms with Gasteiger partial charge in [0.25, 0.3) is 0 Å². The van der Waals surface area contributed by atoms with Crippen LogP contribution in [-0.4, -0.2) is 6.54 Å². The molecule has 114 valence electrons. The van der Waals surface area contributed by atoms with Gasteiger partial charge in [-0.3, -0.25) is 0 Å². The van der Waals surface area contributed by atoms with Crippen LogP contribution in [0, 0.1) is 43.4 Å². The maximum atomic E-state index is 3.89. The van der Waals surface area contributed by atoms with Gasteiger partial charge in [0, 0.05) is 6.04 Å². The maximum absolute atomic E-state index is 3.89. The number of hydrogen-bond donors (Lipinski definition) is 1. The van der Waals surface area contributed by atoms with E-state index in [0.29, 0.717) is 6.04 Å². The first-order chi connectivity index (χ1) is 10.2. The summed E-state index contributed by atoms with van der Waals surface area (Å²) in [7, 11) is 0. The molecule has 2 bridgehead atoms.